The number of sulfonamides is 1. The Morgan fingerprint density at radius 1 is 1.00 bits per heavy atom. The fourth-order valence-corrected chi connectivity index (χ4v) is 5.62. The summed E-state index contributed by atoms with van der Waals surface area (Å²) in [6.45, 7) is 10.3. The van der Waals surface area contributed by atoms with Gasteiger partial charge in [0.2, 0.25) is 15.9 Å². The minimum Gasteiger partial charge on any atom is -0.475 e. The number of carbonyl (C=O) groups excluding carboxylic acids is 1. The number of likely N-dealkylation sites (tertiary alicyclic amines) is 1. The average molecular weight is 551 g/mol. The van der Waals surface area contributed by atoms with E-state index < -0.39 is 22.2 Å². The normalized spacial score (nSPS) is 17.3. The van der Waals surface area contributed by atoms with Crippen molar-refractivity contribution in [3.8, 4) is 0 Å². The maximum absolute atomic E-state index is 13.4. The highest BCUT2D eigenvalue weighted by atomic mass is 32.2. The number of aliphatic carboxylic acids is 1. The molecular formula is C24H37F3N4O5S. The van der Waals surface area contributed by atoms with Gasteiger partial charge in [-0.1, -0.05) is 12.5 Å². The number of nitrogens with one attached hydrogen (secondary N) is 1. The molecule has 0 saturated carbocycles. The lowest BCUT2D eigenvalue weighted by molar-refractivity contribution is -0.192. The zero-order valence-electron chi connectivity index (χ0n) is 21.4. The van der Waals surface area contributed by atoms with Crippen molar-refractivity contribution in [1.82, 2.24) is 19.4 Å². The van der Waals surface area contributed by atoms with E-state index in [9.17, 15) is 26.4 Å². The second-order valence-corrected chi connectivity index (χ2v) is 11.2. The van der Waals surface area contributed by atoms with Crippen LogP contribution in [0.2, 0.25) is 0 Å². The number of hydrogen-bond acceptors (Lipinski definition) is 6. The third-order valence-corrected chi connectivity index (χ3v) is 8.41. The van der Waals surface area contributed by atoms with E-state index in [0.29, 0.717) is 31.1 Å². The Labute approximate surface area is 216 Å². The molecule has 0 atom stereocenters. The molecule has 37 heavy (non-hydrogen) atoms. The number of amides is 1. The van der Waals surface area contributed by atoms with Gasteiger partial charge in [-0.25, -0.2) is 13.2 Å². The molecule has 1 aromatic carbocycles. The van der Waals surface area contributed by atoms with Crippen LogP contribution in [-0.4, -0.2) is 105 Å². The first-order valence-electron chi connectivity index (χ1n) is 12.4. The number of halogens is 3. The first-order valence-corrected chi connectivity index (χ1v) is 13.8. The van der Waals surface area contributed by atoms with E-state index in [1.807, 2.05) is 24.8 Å². The standard InChI is InChI=1S/C22H36N4O3S.C2HF3O2/c1-19-6-7-21(18-20(19)2)30(28,29)26(17-16-24-11-4-3-5-12-24)13-8-22(27)25-14-9-23-10-15-25;3-2(4,5)1(6)7/h6-7,18,23H,3-5,8-17H2,1-2H3;(H,6,7). The number of hydrogen-bond donors (Lipinski definition) is 2. The number of benzene rings is 1. The topological polar surface area (TPSA) is 110 Å². The molecule has 0 radical (unpaired) electrons. The lowest BCUT2D eigenvalue weighted by Crippen LogP contribution is -2.47. The van der Waals surface area contributed by atoms with Gasteiger partial charge in [0, 0.05) is 52.2 Å². The summed E-state index contributed by atoms with van der Waals surface area (Å²) >= 11 is 0. The van der Waals surface area contributed by atoms with Crippen molar-refractivity contribution in [2.45, 2.75) is 50.6 Å². The number of piperazine rings is 1. The second kappa shape index (κ2) is 14.1. The van der Waals surface area contributed by atoms with Crippen molar-refractivity contribution in [1.29, 1.82) is 0 Å². The molecule has 2 aliphatic rings. The minimum absolute atomic E-state index is 0.0368. The van der Waals surface area contributed by atoms with Crippen LogP contribution in [0.3, 0.4) is 0 Å². The van der Waals surface area contributed by atoms with Crippen molar-refractivity contribution in [3.05, 3.63) is 29.3 Å². The van der Waals surface area contributed by atoms with E-state index in [1.54, 1.807) is 12.1 Å². The van der Waals surface area contributed by atoms with Crippen LogP contribution in [0.5, 0.6) is 0 Å². The predicted molar refractivity (Wildman–Crippen MR) is 133 cm³/mol. The van der Waals surface area contributed by atoms with E-state index in [2.05, 4.69) is 10.2 Å². The monoisotopic (exact) mass is 550 g/mol. The van der Waals surface area contributed by atoms with Crippen LogP contribution in [0, 0.1) is 13.8 Å². The number of piperidine rings is 1. The molecule has 0 aromatic heterocycles. The quantitative estimate of drug-likeness (QED) is 0.511. The SMILES string of the molecule is Cc1ccc(S(=O)(=O)N(CCC(=O)N2CCNCC2)CCN2CCCCC2)cc1C.O=C(O)C(F)(F)F. The van der Waals surface area contributed by atoms with Gasteiger partial charge in [-0.15, -0.1) is 0 Å². The lowest BCUT2D eigenvalue weighted by atomic mass is 10.1. The Morgan fingerprint density at radius 3 is 2.14 bits per heavy atom. The van der Waals surface area contributed by atoms with Crippen molar-refractivity contribution >= 4 is 21.9 Å². The van der Waals surface area contributed by atoms with Crippen LogP contribution in [0.4, 0.5) is 13.2 Å². The van der Waals surface area contributed by atoms with Gasteiger partial charge in [0.1, 0.15) is 0 Å². The van der Waals surface area contributed by atoms with Gasteiger partial charge in [-0.3, -0.25) is 4.79 Å². The van der Waals surface area contributed by atoms with Crippen LogP contribution in [0.25, 0.3) is 0 Å². The van der Waals surface area contributed by atoms with E-state index in [4.69, 9.17) is 9.90 Å². The van der Waals surface area contributed by atoms with Gasteiger partial charge in [-0.05, 0) is 63.0 Å². The largest absolute Gasteiger partial charge is 0.490 e. The van der Waals surface area contributed by atoms with E-state index >= 15 is 0 Å². The molecule has 210 valence electrons. The summed E-state index contributed by atoms with van der Waals surface area (Å²) in [5.74, 6) is -2.72. The molecule has 13 heteroatoms. The van der Waals surface area contributed by atoms with Gasteiger partial charge in [0.05, 0.1) is 4.90 Å². The summed E-state index contributed by atoms with van der Waals surface area (Å²) in [4.78, 5) is 26.0. The van der Waals surface area contributed by atoms with Crippen molar-refractivity contribution < 1.29 is 36.3 Å². The molecule has 9 nitrogen and oxygen atoms in total. The van der Waals surface area contributed by atoms with Crippen LogP contribution < -0.4 is 5.32 Å². The Kier molecular flexibility index (Phi) is 11.8. The highest BCUT2D eigenvalue weighted by Crippen LogP contribution is 2.20. The van der Waals surface area contributed by atoms with Gasteiger partial charge < -0.3 is 20.2 Å². The molecule has 1 amide bonds. The van der Waals surface area contributed by atoms with Crippen LogP contribution >= 0.6 is 0 Å². The Bertz CT molecular complexity index is 1010. The first-order chi connectivity index (χ1) is 17.3. The average Bonchev–Trinajstić information content (AvgIpc) is 2.86. The van der Waals surface area contributed by atoms with Crippen molar-refractivity contribution in [3.63, 3.8) is 0 Å². The molecule has 0 aliphatic carbocycles. The van der Waals surface area contributed by atoms with Gasteiger partial charge in [-0.2, -0.15) is 17.5 Å². The molecule has 1 aromatic rings. The molecular weight excluding hydrogens is 513 g/mol. The summed E-state index contributed by atoms with van der Waals surface area (Å²) in [6.07, 6.45) is -1.26. The predicted octanol–water partition coefficient (Wildman–Crippen LogP) is 2.24. The number of rotatable bonds is 8. The maximum atomic E-state index is 13.4. The summed E-state index contributed by atoms with van der Waals surface area (Å²) in [7, 11) is -3.64. The van der Waals surface area contributed by atoms with Crippen LogP contribution in [0.15, 0.2) is 23.1 Å². The summed E-state index contributed by atoms with van der Waals surface area (Å²) in [5.41, 5.74) is 2.03. The number of alkyl halides is 3. The zero-order valence-corrected chi connectivity index (χ0v) is 22.2. The molecule has 0 spiro atoms. The molecule has 2 fully saturated rings. The molecule has 2 aliphatic heterocycles. The molecule has 0 bridgehead atoms. The third-order valence-electron chi connectivity index (χ3n) is 6.52. The van der Waals surface area contributed by atoms with Gasteiger partial charge >= 0.3 is 12.1 Å². The number of nitrogens with zero attached hydrogens (tertiary/aromatic N) is 3. The van der Waals surface area contributed by atoms with Crippen LogP contribution in [0.1, 0.15) is 36.8 Å². The minimum atomic E-state index is -5.08. The van der Waals surface area contributed by atoms with Crippen molar-refractivity contribution in [2.24, 2.45) is 0 Å². The number of carbonyl (C=O) groups is 2. The number of carboxylic acid groups (broad SMARTS) is 1. The Hall–Kier alpha value is -2.22. The third kappa shape index (κ3) is 9.87. The fraction of sp³-hybridized carbons (Fsp3) is 0.667. The second-order valence-electron chi connectivity index (χ2n) is 9.24. The van der Waals surface area contributed by atoms with E-state index in [-0.39, 0.29) is 18.9 Å². The Morgan fingerprint density at radius 2 is 1.59 bits per heavy atom. The highest BCUT2D eigenvalue weighted by Gasteiger charge is 2.38. The van der Waals surface area contributed by atoms with E-state index in [1.165, 1.54) is 23.6 Å². The number of aryl methyl sites for hydroxylation is 2. The van der Waals surface area contributed by atoms with Gasteiger partial charge in [0.25, 0.3) is 0 Å². The highest BCUT2D eigenvalue weighted by molar-refractivity contribution is 7.89. The first kappa shape index (κ1) is 31.0. The smallest absolute Gasteiger partial charge is 0.475 e. The summed E-state index contributed by atoms with van der Waals surface area (Å²) < 4.78 is 60.1. The summed E-state index contributed by atoms with van der Waals surface area (Å²) in [6, 6.07) is 5.29. The fourth-order valence-electron chi connectivity index (χ4n) is 4.10. The lowest BCUT2D eigenvalue weighted by Gasteiger charge is -2.31. The molecule has 2 saturated heterocycles. The Balaban J connectivity index is 0.000000604. The molecule has 0 unspecified atom stereocenters. The zero-order chi connectivity index (χ0) is 27.6. The van der Waals surface area contributed by atoms with Crippen LogP contribution in [-0.2, 0) is 19.6 Å². The van der Waals surface area contributed by atoms with Crippen molar-refractivity contribution in [2.75, 3.05) is 58.9 Å². The molecule has 2 N–H and O–H groups in total. The number of carboxylic acids is 1. The summed E-state index contributed by atoms with van der Waals surface area (Å²) in [5, 5.41) is 10.4. The maximum Gasteiger partial charge on any atom is 0.490 e. The molecule has 3 rings (SSSR count). The van der Waals surface area contributed by atoms with Gasteiger partial charge in [0.15, 0.2) is 0 Å². The van der Waals surface area contributed by atoms with E-state index in [0.717, 1.165) is 37.3 Å². The molecule has 2 heterocycles.